The lowest BCUT2D eigenvalue weighted by Gasteiger charge is -2.04. The summed E-state index contributed by atoms with van der Waals surface area (Å²) in [6.07, 6.45) is -3.79. The van der Waals surface area contributed by atoms with Crippen molar-refractivity contribution in [1.82, 2.24) is 15.0 Å². The largest absolute Gasteiger partial charge is 0.478 e. The highest BCUT2D eigenvalue weighted by molar-refractivity contribution is 6.03. The van der Waals surface area contributed by atoms with Gasteiger partial charge in [0.1, 0.15) is 16.8 Å². The summed E-state index contributed by atoms with van der Waals surface area (Å²) in [6.45, 7) is 0. The predicted molar refractivity (Wildman–Crippen MR) is 52.4 cm³/mol. The van der Waals surface area contributed by atoms with Crippen LogP contribution < -0.4 is 4.74 Å². The fourth-order valence-corrected chi connectivity index (χ4v) is 1.48. The van der Waals surface area contributed by atoms with Crippen molar-refractivity contribution in [3.05, 3.63) is 17.5 Å². The van der Waals surface area contributed by atoms with Crippen molar-refractivity contribution >= 4 is 17.0 Å². The van der Waals surface area contributed by atoms with Crippen LogP contribution in [0.1, 0.15) is 16.1 Å². The molecule has 96 valence electrons. The first-order valence-corrected chi connectivity index (χ1v) is 4.57. The summed E-state index contributed by atoms with van der Waals surface area (Å²) in [4.78, 5) is 20.1. The molecule has 0 unspecified atom stereocenters. The predicted octanol–water partition coefficient (Wildman–Crippen LogP) is 1.68. The molecule has 2 N–H and O–H groups in total. The van der Waals surface area contributed by atoms with Gasteiger partial charge < -0.3 is 14.8 Å². The summed E-state index contributed by atoms with van der Waals surface area (Å²) in [6, 6.07) is -0.210. The van der Waals surface area contributed by atoms with Crippen molar-refractivity contribution < 1.29 is 27.8 Å². The Morgan fingerprint density at radius 3 is 2.67 bits per heavy atom. The number of rotatable bonds is 2. The molecule has 0 aliphatic heterocycles. The van der Waals surface area contributed by atoms with E-state index in [0.29, 0.717) is 0 Å². The van der Waals surface area contributed by atoms with Gasteiger partial charge in [-0.1, -0.05) is 0 Å². The summed E-state index contributed by atoms with van der Waals surface area (Å²) in [5, 5.41) is 8.86. The number of methoxy groups -OCH3 is 1. The number of fused-ring (bicyclic) bond motifs is 1. The summed E-state index contributed by atoms with van der Waals surface area (Å²) >= 11 is 0. The van der Waals surface area contributed by atoms with Gasteiger partial charge in [0.25, 0.3) is 0 Å². The molecule has 0 aliphatic rings. The zero-order valence-electron chi connectivity index (χ0n) is 8.87. The normalized spacial score (nSPS) is 11.8. The molecule has 0 amide bonds. The highest BCUT2D eigenvalue weighted by Gasteiger charge is 2.39. The van der Waals surface area contributed by atoms with Gasteiger partial charge in [-0.2, -0.15) is 18.2 Å². The van der Waals surface area contributed by atoms with Gasteiger partial charge in [0.15, 0.2) is 0 Å². The smallest absolute Gasteiger partial charge is 0.432 e. The molecule has 2 rings (SSSR count). The molecule has 0 bridgehead atoms. The summed E-state index contributed by atoms with van der Waals surface area (Å²) in [5.41, 5.74) is -2.78. The first-order valence-electron chi connectivity index (χ1n) is 4.57. The highest BCUT2D eigenvalue weighted by Crippen LogP contribution is 2.34. The van der Waals surface area contributed by atoms with Crippen molar-refractivity contribution in [2.75, 3.05) is 7.11 Å². The monoisotopic (exact) mass is 261 g/mol. The van der Waals surface area contributed by atoms with E-state index in [4.69, 9.17) is 5.11 Å². The number of carboxylic acids is 1. The number of aromatic amines is 1. The number of hydrogen-bond acceptors (Lipinski definition) is 4. The lowest BCUT2D eigenvalue weighted by Crippen LogP contribution is -2.12. The second-order valence-electron chi connectivity index (χ2n) is 3.30. The van der Waals surface area contributed by atoms with Gasteiger partial charge >= 0.3 is 18.2 Å². The van der Waals surface area contributed by atoms with Crippen LogP contribution in [0.2, 0.25) is 0 Å². The van der Waals surface area contributed by atoms with Crippen LogP contribution in [0.15, 0.2) is 6.20 Å². The molecule has 0 aliphatic carbocycles. The zero-order chi connectivity index (χ0) is 13.5. The lowest BCUT2D eigenvalue weighted by atomic mass is 10.2. The molecular formula is C9H6F3N3O3. The Bertz CT molecular complexity index is 621. The molecule has 0 saturated carbocycles. The molecule has 0 spiro atoms. The van der Waals surface area contributed by atoms with Gasteiger partial charge in [0, 0.05) is 0 Å². The summed E-state index contributed by atoms with van der Waals surface area (Å²) in [5.74, 6) is -1.73. The number of nitrogens with one attached hydrogen (secondary N) is 1. The molecule has 2 heterocycles. The Kier molecular flexibility index (Phi) is 2.60. The van der Waals surface area contributed by atoms with Gasteiger partial charge in [-0.25, -0.2) is 9.78 Å². The Labute approximate surface area is 97.4 Å². The highest BCUT2D eigenvalue weighted by atomic mass is 19.4. The van der Waals surface area contributed by atoms with E-state index < -0.39 is 23.4 Å². The number of aromatic nitrogens is 3. The van der Waals surface area contributed by atoms with E-state index in [9.17, 15) is 18.0 Å². The number of carboxylic acid groups (broad SMARTS) is 1. The fourth-order valence-electron chi connectivity index (χ4n) is 1.48. The van der Waals surface area contributed by atoms with Crippen molar-refractivity contribution in [1.29, 1.82) is 0 Å². The van der Waals surface area contributed by atoms with E-state index in [1.807, 2.05) is 4.98 Å². The van der Waals surface area contributed by atoms with Crippen LogP contribution >= 0.6 is 0 Å². The van der Waals surface area contributed by atoms with Gasteiger partial charge in [0.05, 0.1) is 18.8 Å². The van der Waals surface area contributed by atoms with Crippen LogP contribution in [-0.2, 0) is 6.18 Å². The third-order valence-electron chi connectivity index (χ3n) is 2.19. The number of alkyl halides is 3. The Balaban J connectivity index is 2.81. The van der Waals surface area contributed by atoms with Crippen molar-refractivity contribution in [3.63, 3.8) is 0 Å². The second-order valence-corrected chi connectivity index (χ2v) is 3.30. The van der Waals surface area contributed by atoms with Gasteiger partial charge in [-0.15, -0.1) is 0 Å². The molecule has 0 fully saturated rings. The van der Waals surface area contributed by atoms with Gasteiger partial charge in [0.2, 0.25) is 0 Å². The average molecular weight is 261 g/mol. The standard InChI is InChI=1S/C9H6F3N3O3/c1-18-8-13-2-3-5(15-8)4(7(16)17)6(14-3)9(10,11)12/h2,14H,1H3,(H,16,17). The average Bonchev–Trinajstić information content (AvgIpc) is 2.66. The number of carbonyl (C=O) groups is 1. The van der Waals surface area contributed by atoms with E-state index in [0.717, 1.165) is 6.20 Å². The first-order chi connectivity index (χ1) is 8.34. The molecule has 0 saturated heterocycles. The van der Waals surface area contributed by atoms with Gasteiger partial charge in [-0.3, -0.25) is 0 Å². The number of nitrogens with zero attached hydrogens (tertiary/aromatic N) is 2. The molecule has 2 aromatic heterocycles. The summed E-state index contributed by atoms with van der Waals surface area (Å²) < 4.78 is 42.6. The minimum atomic E-state index is -4.82. The molecule has 18 heavy (non-hydrogen) atoms. The Morgan fingerprint density at radius 2 is 2.17 bits per heavy atom. The molecule has 0 aromatic carbocycles. The maximum Gasteiger partial charge on any atom is 0.432 e. The number of ether oxygens (including phenoxy) is 1. The second kappa shape index (κ2) is 3.86. The molecule has 0 atom stereocenters. The minimum absolute atomic E-state index is 0.125. The van der Waals surface area contributed by atoms with Crippen molar-refractivity contribution in [2.24, 2.45) is 0 Å². The number of halogens is 3. The maximum absolute atomic E-state index is 12.7. The van der Waals surface area contributed by atoms with Gasteiger partial charge in [-0.05, 0) is 0 Å². The van der Waals surface area contributed by atoms with Crippen molar-refractivity contribution in [3.8, 4) is 6.01 Å². The summed E-state index contributed by atoms with van der Waals surface area (Å²) in [7, 11) is 1.22. The van der Waals surface area contributed by atoms with Crippen LogP contribution in [0.3, 0.4) is 0 Å². The van der Waals surface area contributed by atoms with E-state index in [1.165, 1.54) is 7.11 Å². The van der Waals surface area contributed by atoms with E-state index >= 15 is 0 Å². The van der Waals surface area contributed by atoms with Crippen LogP contribution in [0.25, 0.3) is 11.0 Å². The maximum atomic E-state index is 12.7. The van der Waals surface area contributed by atoms with E-state index in [-0.39, 0.29) is 17.0 Å². The van der Waals surface area contributed by atoms with E-state index in [1.54, 1.807) is 0 Å². The van der Waals surface area contributed by atoms with E-state index in [2.05, 4.69) is 14.7 Å². The zero-order valence-corrected chi connectivity index (χ0v) is 8.87. The quantitative estimate of drug-likeness (QED) is 0.858. The fraction of sp³-hybridized carbons (Fsp3) is 0.222. The third-order valence-corrected chi connectivity index (χ3v) is 2.19. The number of aromatic carboxylic acids is 1. The van der Waals surface area contributed by atoms with Crippen molar-refractivity contribution in [2.45, 2.75) is 6.18 Å². The molecular weight excluding hydrogens is 255 g/mol. The molecule has 0 radical (unpaired) electrons. The number of hydrogen-bond donors (Lipinski definition) is 2. The minimum Gasteiger partial charge on any atom is -0.478 e. The third kappa shape index (κ3) is 1.83. The van der Waals surface area contributed by atoms with Crippen LogP contribution in [0.4, 0.5) is 13.2 Å². The topological polar surface area (TPSA) is 88.1 Å². The molecule has 6 nitrogen and oxygen atoms in total. The first kappa shape index (κ1) is 12.1. The van der Waals surface area contributed by atoms with Crippen LogP contribution in [-0.4, -0.2) is 33.1 Å². The SMILES string of the molecule is COc1ncc2[nH]c(C(F)(F)F)c(C(=O)O)c2n1. The molecule has 2 aromatic rings. The lowest BCUT2D eigenvalue weighted by molar-refractivity contribution is -0.141. The molecule has 9 heteroatoms. The number of H-pyrrole nitrogens is 1. The Morgan fingerprint density at radius 1 is 1.50 bits per heavy atom. The van der Waals surface area contributed by atoms with Crippen LogP contribution in [0, 0.1) is 0 Å². The van der Waals surface area contributed by atoms with Crippen LogP contribution in [0.5, 0.6) is 6.01 Å². The Hall–Kier alpha value is -2.32.